The molecule has 0 heterocycles. The van der Waals surface area contributed by atoms with Crippen molar-refractivity contribution in [3.8, 4) is 0 Å². The molecule has 0 aliphatic heterocycles. The molecule has 1 N–H and O–H groups in total. The third kappa shape index (κ3) is 4.24. The van der Waals surface area contributed by atoms with Crippen molar-refractivity contribution in [2.75, 3.05) is 12.5 Å². The first-order chi connectivity index (χ1) is 4.18. The summed E-state index contributed by atoms with van der Waals surface area (Å²) in [7, 11) is 0. The SMILES string of the molecule is CC(O)C(=O)OCCCl. The molecule has 9 heavy (non-hydrogen) atoms. The smallest absolute Gasteiger partial charge is 0.334 e. The van der Waals surface area contributed by atoms with Gasteiger partial charge in [0.15, 0.2) is 0 Å². The molecular weight excluding hydrogens is 144 g/mol. The number of aliphatic hydroxyl groups excluding tert-OH is 1. The summed E-state index contributed by atoms with van der Waals surface area (Å²) in [4.78, 5) is 10.4. The predicted molar refractivity (Wildman–Crippen MR) is 33.4 cm³/mol. The number of alkyl halides is 1. The minimum atomic E-state index is -1.05. The van der Waals surface area contributed by atoms with Crippen molar-refractivity contribution in [1.29, 1.82) is 0 Å². The van der Waals surface area contributed by atoms with Gasteiger partial charge in [0.2, 0.25) is 0 Å². The number of ether oxygens (including phenoxy) is 1. The minimum Gasteiger partial charge on any atom is -0.463 e. The number of halogens is 1. The molecule has 0 aromatic heterocycles. The lowest BCUT2D eigenvalue weighted by Crippen LogP contribution is -2.20. The van der Waals surface area contributed by atoms with E-state index < -0.39 is 12.1 Å². The van der Waals surface area contributed by atoms with E-state index in [1.54, 1.807) is 0 Å². The van der Waals surface area contributed by atoms with Crippen molar-refractivity contribution in [3.63, 3.8) is 0 Å². The summed E-state index contributed by atoms with van der Waals surface area (Å²) < 4.78 is 4.43. The first kappa shape index (κ1) is 8.72. The van der Waals surface area contributed by atoms with Gasteiger partial charge in [-0.05, 0) is 6.92 Å². The van der Waals surface area contributed by atoms with Crippen molar-refractivity contribution in [2.45, 2.75) is 13.0 Å². The van der Waals surface area contributed by atoms with Crippen LogP contribution in [-0.4, -0.2) is 29.7 Å². The van der Waals surface area contributed by atoms with Crippen LogP contribution in [0.4, 0.5) is 0 Å². The lowest BCUT2D eigenvalue weighted by atomic mass is 10.4. The van der Waals surface area contributed by atoms with E-state index in [0.717, 1.165) is 0 Å². The van der Waals surface area contributed by atoms with Gasteiger partial charge >= 0.3 is 5.97 Å². The van der Waals surface area contributed by atoms with E-state index in [9.17, 15) is 4.79 Å². The van der Waals surface area contributed by atoms with Crippen molar-refractivity contribution in [3.05, 3.63) is 0 Å². The minimum absolute atomic E-state index is 0.158. The van der Waals surface area contributed by atoms with Gasteiger partial charge < -0.3 is 9.84 Å². The van der Waals surface area contributed by atoms with Gasteiger partial charge in [0.05, 0.1) is 5.88 Å². The Bertz CT molecular complexity index is 92.2. The van der Waals surface area contributed by atoms with Gasteiger partial charge in [-0.2, -0.15) is 0 Å². The molecule has 0 amide bonds. The molecule has 0 radical (unpaired) electrons. The molecule has 4 heteroatoms. The highest BCUT2D eigenvalue weighted by atomic mass is 35.5. The van der Waals surface area contributed by atoms with Crippen LogP contribution in [0.2, 0.25) is 0 Å². The number of hydrogen-bond acceptors (Lipinski definition) is 3. The Balaban J connectivity index is 3.28. The Morgan fingerprint density at radius 3 is 2.78 bits per heavy atom. The Morgan fingerprint density at radius 2 is 2.44 bits per heavy atom. The summed E-state index contributed by atoms with van der Waals surface area (Å²) in [6.07, 6.45) is -1.05. The lowest BCUT2D eigenvalue weighted by molar-refractivity contribution is -0.151. The fourth-order valence-corrected chi connectivity index (χ4v) is 0.337. The quantitative estimate of drug-likeness (QED) is 0.463. The standard InChI is InChI=1S/C5H9ClO3/c1-4(7)5(8)9-3-2-6/h4,7H,2-3H2,1H3. The number of carbonyl (C=O) groups is 1. The highest BCUT2D eigenvalue weighted by molar-refractivity contribution is 6.18. The maximum Gasteiger partial charge on any atom is 0.334 e. The zero-order chi connectivity index (χ0) is 7.28. The van der Waals surface area contributed by atoms with E-state index in [-0.39, 0.29) is 12.5 Å². The molecule has 3 nitrogen and oxygen atoms in total. The zero-order valence-electron chi connectivity index (χ0n) is 5.13. The van der Waals surface area contributed by atoms with Gasteiger partial charge in [-0.3, -0.25) is 0 Å². The molecule has 0 aliphatic rings. The molecule has 54 valence electrons. The first-order valence-electron chi connectivity index (χ1n) is 2.59. The summed E-state index contributed by atoms with van der Waals surface area (Å²) >= 11 is 5.19. The molecule has 0 spiro atoms. The summed E-state index contributed by atoms with van der Waals surface area (Å²) in [6.45, 7) is 1.50. The van der Waals surface area contributed by atoms with Crippen molar-refractivity contribution in [2.24, 2.45) is 0 Å². The van der Waals surface area contributed by atoms with Gasteiger partial charge in [-0.15, -0.1) is 11.6 Å². The summed E-state index contributed by atoms with van der Waals surface area (Å²) in [6, 6.07) is 0. The fourth-order valence-electron chi connectivity index (χ4n) is 0.260. The van der Waals surface area contributed by atoms with Crippen LogP contribution in [0, 0.1) is 0 Å². The monoisotopic (exact) mass is 152 g/mol. The van der Waals surface area contributed by atoms with Gasteiger partial charge in [-0.25, -0.2) is 4.79 Å². The van der Waals surface area contributed by atoms with Crippen molar-refractivity contribution in [1.82, 2.24) is 0 Å². The van der Waals surface area contributed by atoms with Crippen LogP contribution in [-0.2, 0) is 9.53 Å². The van der Waals surface area contributed by atoms with E-state index in [0.29, 0.717) is 0 Å². The maximum atomic E-state index is 10.4. The molecule has 0 aromatic rings. The number of esters is 1. The molecule has 0 rings (SSSR count). The lowest BCUT2D eigenvalue weighted by Gasteiger charge is -2.02. The van der Waals surface area contributed by atoms with Crippen LogP contribution in [0.1, 0.15) is 6.92 Å². The van der Waals surface area contributed by atoms with E-state index >= 15 is 0 Å². The second-order valence-corrected chi connectivity index (χ2v) is 1.91. The molecule has 1 atom stereocenters. The summed E-state index contributed by atoms with van der Waals surface area (Å²) in [5.41, 5.74) is 0. The zero-order valence-corrected chi connectivity index (χ0v) is 5.89. The van der Waals surface area contributed by atoms with E-state index in [4.69, 9.17) is 16.7 Å². The van der Waals surface area contributed by atoms with E-state index in [2.05, 4.69) is 4.74 Å². The van der Waals surface area contributed by atoms with Crippen molar-refractivity contribution < 1.29 is 14.6 Å². The molecule has 0 saturated heterocycles. The van der Waals surface area contributed by atoms with Crippen LogP contribution in [0.5, 0.6) is 0 Å². The Morgan fingerprint density at radius 1 is 1.89 bits per heavy atom. The maximum absolute atomic E-state index is 10.4. The van der Waals surface area contributed by atoms with Gasteiger partial charge in [0, 0.05) is 0 Å². The largest absolute Gasteiger partial charge is 0.463 e. The van der Waals surface area contributed by atoms with Crippen LogP contribution in [0.3, 0.4) is 0 Å². The van der Waals surface area contributed by atoms with Crippen LogP contribution in [0.25, 0.3) is 0 Å². The second kappa shape index (κ2) is 4.58. The highest BCUT2D eigenvalue weighted by Crippen LogP contribution is 1.86. The summed E-state index contributed by atoms with van der Waals surface area (Å²) in [5, 5.41) is 8.53. The molecule has 0 fully saturated rings. The number of rotatable bonds is 3. The number of hydrogen-bond donors (Lipinski definition) is 1. The normalized spacial score (nSPS) is 12.8. The predicted octanol–water partition coefficient (Wildman–Crippen LogP) is 0.149. The average molecular weight is 153 g/mol. The second-order valence-electron chi connectivity index (χ2n) is 1.53. The highest BCUT2D eigenvalue weighted by Gasteiger charge is 2.08. The molecule has 0 saturated carbocycles. The van der Waals surface area contributed by atoms with Crippen LogP contribution < -0.4 is 0 Å². The Kier molecular flexibility index (Phi) is 4.44. The Labute approximate surface area is 58.6 Å². The van der Waals surface area contributed by atoms with Gasteiger partial charge in [0.25, 0.3) is 0 Å². The van der Waals surface area contributed by atoms with E-state index in [1.807, 2.05) is 0 Å². The van der Waals surface area contributed by atoms with Crippen LogP contribution >= 0.6 is 11.6 Å². The van der Waals surface area contributed by atoms with Crippen molar-refractivity contribution >= 4 is 17.6 Å². The third-order valence-corrected chi connectivity index (χ3v) is 0.817. The first-order valence-corrected chi connectivity index (χ1v) is 3.12. The van der Waals surface area contributed by atoms with Gasteiger partial charge in [0.1, 0.15) is 12.7 Å². The molecule has 0 aliphatic carbocycles. The molecule has 1 unspecified atom stereocenters. The third-order valence-electron chi connectivity index (χ3n) is 0.663. The fraction of sp³-hybridized carbons (Fsp3) is 0.800. The molecular formula is C5H9ClO3. The molecule has 0 bridgehead atoms. The average Bonchev–Trinajstić information content (AvgIpc) is 1.82. The van der Waals surface area contributed by atoms with Crippen LogP contribution in [0.15, 0.2) is 0 Å². The van der Waals surface area contributed by atoms with E-state index in [1.165, 1.54) is 6.92 Å². The topological polar surface area (TPSA) is 46.5 Å². The molecule has 0 aromatic carbocycles. The van der Waals surface area contributed by atoms with Gasteiger partial charge in [-0.1, -0.05) is 0 Å². The Hall–Kier alpha value is -0.280. The number of aliphatic hydroxyl groups is 1. The number of carbonyl (C=O) groups excluding carboxylic acids is 1. The summed E-state index contributed by atoms with van der Waals surface area (Å²) in [5.74, 6) is -0.367.